The minimum Gasteiger partial charge on any atom is -0.478 e. The van der Waals surface area contributed by atoms with Crippen LogP contribution in [-0.2, 0) is 4.79 Å². The van der Waals surface area contributed by atoms with Crippen molar-refractivity contribution in [2.24, 2.45) is 0 Å². The van der Waals surface area contributed by atoms with Gasteiger partial charge in [0.25, 0.3) is 0 Å². The number of carboxylic acids is 1. The number of hydrogen-bond acceptors (Lipinski definition) is 5. The molecular formula is C19H14F2N2O4. The molecule has 0 amide bonds. The zero-order valence-corrected chi connectivity index (χ0v) is 14.6. The fraction of sp³-hybridized carbons (Fsp3) is 0.211. The molecule has 0 saturated heterocycles. The van der Waals surface area contributed by atoms with Crippen molar-refractivity contribution in [3.8, 4) is 6.07 Å². The van der Waals surface area contributed by atoms with Gasteiger partial charge in [0.15, 0.2) is 17.1 Å². The van der Waals surface area contributed by atoms with Crippen molar-refractivity contribution < 1.29 is 23.1 Å². The zero-order valence-electron chi connectivity index (χ0n) is 14.6. The van der Waals surface area contributed by atoms with E-state index in [0.29, 0.717) is 5.70 Å². The summed E-state index contributed by atoms with van der Waals surface area (Å²) in [6.07, 6.45) is 0. The largest absolute Gasteiger partial charge is 0.478 e. The van der Waals surface area contributed by atoms with Crippen molar-refractivity contribution in [1.29, 1.82) is 5.26 Å². The molecule has 6 nitrogen and oxygen atoms in total. The number of hydrogen-bond donors (Lipinski definition) is 2. The minimum absolute atomic E-state index is 0.00876. The first-order chi connectivity index (χ1) is 12.7. The van der Waals surface area contributed by atoms with Crippen LogP contribution < -0.4 is 10.7 Å². The third-order valence-electron chi connectivity index (χ3n) is 4.47. The predicted molar refractivity (Wildman–Crippen MR) is 91.7 cm³/mol. The number of benzene rings is 1. The fourth-order valence-electron chi connectivity index (χ4n) is 3.36. The second-order valence-electron chi connectivity index (χ2n) is 6.24. The van der Waals surface area contributed by atoms with Gasteiger partial charge in [0.1, 0.15) is 16.7 Å². The average molecular weight is 372 g/mol. The van der Waals surface area contributed by atoms with Gasteiger partial charge in [0.05, 0.1) is 23.1 Å². The normalized spacial score (nSPS) is 17.1. The number of allylic oxidation sites excluding steroid dienone is 3. The van der Waals surface area contributed by atoms with Gasteiger partial charge in [-0.2, -0.15) is 5.26 Å². The lowest BCUT2D eigenvalue weighted by molar-refractivity contribution is -0.133. The molecule has 138 valence electrons. The number of nitrogens with one attached hydrogen (secondary N) is 1. The summed E-state index contributed by atoms with van der Waals surface area (Å²) < 4.78 is 34.0. The van der Waals surface area contributed by atoms with Crippen molar-refractivity contribution in [3.63, 3.8) is 0 Å². The van der Waals surface area contributed by atoms with Crippen LogP contribution in [0.4, 0.5) is 8.78 Å². The monoisotopic (exact) mass is 372 g/mol. The van der Waals surface area contributed by atoms with Crippen LogP contribution in [0, 0.1) is 29.9 Å². The van der Waals surface area contributed by atoms with Gasteiger partial charge in [-0.05, 0) is 26.8 Å². The number of carboxylic acid groups (broad SMARTS) is 1. The predicted octanol–water partition coefficient (Wildman–Crippen LogP) is 3.22. The van der Waals surface area contributed by atoms with Gasteiger partial charge in [-0.3, -0.25) is 4.79 Å². The molecule has 0 fully saturated rings. The maximum atomic E-state index is 14.3. The van der Waals surface area contributed by atoms with Crippen molar-refractivity contribution in [2.45, 2.75) is 26.7 Å². The van der Waals surface area contributed by atoms with E-state index in [1.807, 2.05) is 6.07 Å². The molecule has 2 heterocycles. The van der Waals surface area contributed by atoms with Crippen molar-refractivity contribution in [1.82, 2.24) is 5.32 Å². The molecule has 1 aromatic heterocycles. The Balaban J connectivity index is 2.51. The number of aryl methyl sites for hydroxylation is 1. The average Bonchev–Trinajstić information content (AvgIpc) is 2.56. The van der Waals surface area contributed by atoms with E-state index in [9.17, 15) is 28.7 Å². The SMILES string of the molecule is CC1=C(C#N)C(c2cc(F)c(F)c3c(=O)cc(C)oc23)C(C(=O)O)=C(C)N1. The van der Waals surface area contributed by atoms with Gasteiger partial charge in [0, 0.05) is 23.0 Å². The topological polar surface area (TPSA) is 103 Å². The third kappa shape index (κ3) is 2.77. The minimum atomic E-state index is -1.38. The first-order valence-electron chi connectivity index (χ1n) is 7.91. The highest BCUT2D eigenvalue weighted by Gasteiger charge is 2.36. The number of nitriles is 1. The molecule has 1 unspecified atom stereocenters. The van der Waals surface area contributed by atoms with Crippen LogP contribution in [0.15, 0.2) is 43.9 Å². The lowest BCUT2D eigenvalue weighted by Gasteiger charge is -2.27. The number of rotatable bonds is 2. The smallest absolute Gasteiger partial charge is 0.334 e. The Labute approximate surface area is 152 Å². The molecule has 27 heavy (non-hydrogen) atoms. The molecule has 0 saturated carbocycles. The molecule has 0 bridgehead atoms. The Morgan fingerprint density at radius 3 is 2.52 bits per heavy atom. The van der Waals surface area contributed by atoms with Crippen LogP contribution >= 0.6 is 0 Å². The molecule has 8 heteroatoms. The van der Waals surface area contributed by atoms with Crippen LogP contribution in [-0.4, -0.2) is 11.1 Å². The van der Waals surface area contributed by atoms with E-state index in [2.05, 4.69) is 5.32 Å². The number of aliphatic carboxylic acids is 1. The van der Waals surface area contributed by atoms with E-state index in [-0.39, 0.29) is 33.7 Å². The van der Waals surface area contributed by atoms with Crippen LogP contribution in [0.5, 0.6) is 0 Å². The van der Waals surface area contributed by atoms with E-state index < -0.39 is 34.3 Å². The molecule has 1 aliphatic heterocycles. The number of fused-ring (bicyclic) bond motifs is 1. The van der Waals surface area contributed by atoms with Gasteiger partial charge in [0.2, 0.25) is 0 Å². The number of nitrogens with zero attached hydrogens (tertiary/aromatic N) is 1. The summed E-state index contributed by atoms with van der Waals surface area (Å²) in [7, 11) is 0. The quantitative estimate of drug-likeness (QED) is 0.839. The summed E-state index contributed by atoms with van der Waals surface area (Å²) in [6, 6.07) is 3.71. The van der Waals surface area contributed by atoms with Gasteiger partial charge in [-0.25, -0.2) is 13.6 Å². The Morgan fingerprint density at radius 1 is 1.26 bits per heavy atom. The van der Waals surface area contributed by atoms with Crippen LogP contribution in [0.25, 0.3) is 11.0 Å². The van der Waals surface area contributed by atoms with E-state index in [1.165, 1.54) is 13.8 Å². The summed E-state index contributed by atoms with van der Waals surface area (Å²) in [5.74, 6) is -5.13. The van der Waals surface area contributed by atoms with Crippen LogP contribution in [0.3, 0.4) is 0 Å². The van der Waals surface area contributed by atoms with Gasteiger partial charge >= 0.3 is 5.97 Å². The summed E-state index contributed by atoms with van der Waals surface area (Å²) in [6.45, 7) is 4.52. The first-order valence-corrected chi connectivity index (χ1v) is 7.91. The zero-order chi connectivity index (χ0) is 20.0. The third-order valence-corrected chi connectivity index (χ3v) is 4.47. The number of dihydropyridines is 1. The van der Waals surface area contributed by atoms with E-state index in [4.69, 9.17) is 4.42 Å². The highest BCUT2D eigenvalue weighted by molar-refractivity contribution is 5.93. The first kappa shape index (κ1) is 18.3. The van der Waals surface area contributed by atoms with Crippen molar-refractivity contribution in [3.05, 3.63) is 67.9 Å². The van der Waals surface area contributed by atoms with Crippen LogP contribution in [0.1, 0.15) is 31.1 Å². The maximum Gasteiger partial charge on any atom is 0.334 e. The lowest BCUT2D eigenvalue weighted by atomic mass is 9.80. The Morgan fingerprint density at radius 2 is 1.93 bits per heavy atom. The van der Waals surface area contributed by atoms with E-state index >= 15 is 0 Å². The lowest BCUT2D eigenvalue weighted by Crippen LogP contribution is -2.28. The Hall–Kier alpha value is -3.47. The highest BCUT2D eigenvalue weighted by Crippen LogP contribution is 2.41. The maximum absolute atomic E-state index is 14.3. The second-order valence-corrected chi connectivity index (χ2v) is 6.24. The second kappa shape index (κ2) is 6.36. The van der Waals surface area contributed by atoms with Gasteiger partial charge < -0.3 is 14.8 Å². The molecule has 0 spiro atoms. The van der Waals surface area contributed by atoms with Crippen molar-refractivity contribution >= 4 is 16.9 Å². The van der Waals surface area contributed by atoms with E-state index in [0.717, 1.165) is 12.1 Å². The molecule has 1 atom stereocenters. The number of carbonyl (C=O) groups is 1. The molecule has 1 aliphatic rings. The Bertz CT molecular complexity index is 1170. The fourth-order valence-corrected chi connectivity index (χ4v) is 3.36. The highest BCUT2D eigenvalue weighted by atomic mass is 19.2. The summed E-state index contributed by atoms with van der Waals surface area (Å²) >= 11 is 0. The molecule has 0 radical (unpaired) electrons. The van der Waals surface area contributed by atoms with Gasteiger partial charge in [-0.15, -0.1) is 0 Å². The van der Waals surface area contributed by atoms with E-state index in [1.54, 1.807) is 6.92 Å². The standard InChI is InChI=1S/C19H14F2N2O4/c1-7-4-13(24)16-17(21)12(20)5-10(18(16)27-7)15-11(6-22)8(2)23-9(3)14(15)19(25)26/h4-5,15,23H,1-3H3,(H,25,26). The molecule has 3 rings (SSSR count). The molecule has 0 aliphatic carbocycles. The molecule has 1 aromatic carbocycles. The summed E-state index contributed by atoms with van der Waals surface area (Å²) in [4.78, 5) is 24.1. The molecular weight excluding hydrogens is 358 g/mol. The van der Waals surface area contributed by atoms with Crippen molar-refractivity contribution in [2.75, 3.05) is 0 Å². The molecule has 2 N–H and O–H groups in total. The Kier molecular flexibility index (Phi) is 4.31. The number of halogens is 2. The van der Waals surface area contributed by atoms with Gasteiger partial charge in [-0.1, -0.05) is 0 Å². The summed E-state index contributed by atoms with van der Waals surface area (Å²) in [5, 5.41) is 21.4. The molecule has 2 aromatic rings. The summed E-state index contributed by atoms with van der Waals surface area (Å²) in [5.41, 5.74) is -0.757. The van der Waals surface area contributed by atoms with Crippen LogP contribution in [0.2, 0.25) is 0 Å².